The molecule has 0 aliphatic carbocycles. The second kappa shape index (κ2) is 6.04. The number of likely N-dealkylation sites (tertiary alicyclic amines) is 1. The van der Waals surface area contributed by atoms with Crippen LogP contribution >= 0.6 is 0 Å². The summed E-state index contributed by atoms with van der Waals surface area (Å²) in [5.41, 5.74) is 1.96. The van der Waals surface area contributed by atoms with Gasteiger partial charge in [0, 0.05) is 19.3 Å². The lowest BCUT2D eigenvalue weighted by Crippen LogP contribution is -2.30. The summed E-state index contributed by atoms with van der Waals surface area (Å²) < 4.78 is 5.23. The van der Waals surface area contributed by atoms with Crippen molar-refractivity contribution in [2.24, 2.45) is 5.92 Å². The molecule has 22 heavy (non-hydrogen) atoms. The molecule has 0 aromatic carbocycles. The number of nitrogens with zero attached hydrogens (tertiary/aromatic N) is 3. The Morgan fingerprint density at radius 1 is 1.55 bits per heavy atom. The Morgan fingerprint density at radius 2 is 2.36 bits per heavy atom. The largest absolute Gasteiger partial charge is 0.338 e. The van der Waals surface area contributed by atoms with Crippen molar-refractivity contribution in [2.75, 3.05) is 26.7 Å². The molecule has 1 amide bonds. The van der Waals surface area contributed by atoms with E-state index in [1.54, 1.807) is 6.20 Å². The SMILES string of the molecule is CNCC1CCN(C(=O)c2cnc3onc(C(C)C)c3c2)C1. The Labute approximate surface area is 129 Å². The number of hydrogen-bond acceptors (Lipinski definition) is 5. The lowest BCUT2D eigenvalue weighted by Gasteiger charge is -2.16. The second-order valence-electron chi connectivity index (χ2n) is 6.26. The number of carbonyl (C=O) groups excluding carboxylic acids is 1. The van der Waals surface area contributed by atoms with Crippen molar-refractivity contribution in [1.82, 2.24) is 20.4 Å². The van der Waals surface area contributed by atoms with E-state index in [0.29, 0.717) is 17.2 Å². The molecule has 2 aromatic heterocycles. The van der Waals surface area contributed by atoms with Crippen molar-refractivity contribution in [3.8, 4) is 0 Å². The summed E-state index contributed by atoms with van der Waals surface area (Å²) in [6.45, 7) is 6.66. The number of carbonyl (C=O) groups is 1. The lowest BCUT2D eigenvalue weighted by atomic mass is 10.1. The number of fused-ring (bicyclic) bond motifs is 1. The summed E-state index contributed by atoms with van der Waals surface area (Å²) in [4.78, 5) is 18.8. The summed E-state index contributed by atoms with van der Waals surface area (Å²) in [6, 6.07) is 1.86. The van der Waals surface area contributed by atoms with Crippen LogP contribution < -0.4 is 5.32 Å². The molecule has 6 nitrogen and oxygen atoms in total. The summed E-state index contributed by atoms with van der Waals surface area (Å²) in [5, 5.41) is 8.08. The Morgan fingerprint density at radius 3 is 3.09 bits per heavy atom. The highest BCUT2D eigenvalue weighted by molar-refractivity contribution is 5.97. The van der Waals surface area contributed by atoms with Gasteiger partial charge in [-0.3, -0.25) is 4.79 Å². The monoisotopic (exact) mass is 302 g/mol. The van der Waals surface area contributed by atoms with Crippen LogP contribution in [0, 0.1) is 5.92 Å². The molecule has 1 atom stereocenters. The van der Waals surface area contributed by atoms with Crippen molar-refractivity contribution < 1.29 is 9.32 Å². The molecule has 0 spiro atoms. The van der Waals surface area contributed by atoms with E-state index >= 15 is 0 Å². The molecule has 1 aliphatic rings. The fraction of sp³-hybridized carbons (Fsp3) is 0.562. The first-order valence-corrected chi connectivity index (χ1v) is 7.79. The van der Waals surface area contributed by atoms with Gasteiger partial charge in [0.1, 0.15) is 0 Å². The van der Waals surface area contributed by atoms with Crippen LogP contribution in [-0.2, 0) is 0 Å². The molecule has 0 bridgehead atoms. The molecule has 0 radical (unpaired) electrons. The number of aromatic nitrogens is 2. The van der Waals surface area contributed by atoms with Gasteiger partial charge in [0.05, 0.1) is 16.6 Å². The standard InChI is InChI=1S/C16H22N4O2/c1-10(2)14-13-6-12(8-18-15(13)22-19-14)16(21)20-5-4-11(9-20)7-17-3/h6,8,10-11,17H,4-5,7,9H2,1-3H3. The summed E-state index contributed by atoms with van der Waals surface area (Å²) in [5.74, 6) is 0.816. The molecule has 1 N–H and O–H groups in total. The minimum absolute atomic E-state index is 0.0453. The zero-order chi connectivity index (χ0) is 15.7. The second-order valence-corrected chi connectivity index (χ2v) is 6.26. The van der Waals surface area contributed by atoms with Crippen LogP contribution in [0.15, 0.2) is 16.8 Å². The molecule has 1 aliphatic heterocycles. The minimum atomic E-state index is 0.0453. The maximum Gasteiger partial charge on any atom is 0.257 e. The highest BCUT2D eigenvalue weighted by Crippen LogP contribution is 2.25. The molecule has 2 aromatic rings. The number of pyridine rings is 1. The van der Waals surface area contributed by atoms with E-state index in [4.69, 9.17) is 4.52 Å². The van der Waals surface area contributed by atoms with Gasteiger partial charge in [-0.15, -0.1) is 0 Å². The fourth-order valence-corrected chi connectivity index (χ4v) is 3.04. The van der Waals surface area contributed by atoms with Crippen molar-refractivity contribution >= 4 is 17.0 Å². The predicted molar refractivity (Wildman–Crippen MR) is 83.8 cm³/mol. The normalized spacial score (nSPS) is 18.5. The number of amides is 1. The van der Waals surface area contributed by atoms with E-state index in [0.717, 1.165) is 37.1 Å². The average Bonchev–Trinajstić information content (AvgIpc) is 3.12. The van der Waals surface area contributed by atoms with Gasteiger partial charge in [0.15, 0.2) is 0 Å². The molecular formula is C16H22N4O2. The van der Waals surface area contributed by atoms with Gasteiger partial charge in [-0.25, -0.2) is 4.98 Å². The number of rotatable bonds is 4. The molecule has 0 saturated carbocycles. The topological polar surface area (TPSA) is 71.3 Å². The van der Waals surface area contributed by atoms with Crippen LogP contribution in [0.25, 0.3) is 11.1 Å². The molecule has 1 unspecified atom stereocenters. The van der Waals surface area contributed by atoms with Gasteiger partial charge in [-0.2, -0.15) is 0 Å². The number of nitrogens with one attached hydrogen (secondary N) is 1. The summed E-state index contributed by atoms with van der Waals surface area (Å²) in [6.07, 6.45) is 2.64. The van der Waals surface area contributed by atoms with Crippen molar-refractivity contribution in [3.63, 3.8) is 0 Å². The zero-order valence-electron chi connectivity index (χ0n) is 13.3. The van der Waals surface area contributed by atoms with E-state index in [-0.39, 0.29) is 11.8 Å². The van der Waals surface area contributed by atoms with Gasteiger partial charge in [0.2, 0.25) is 0 Å². The first-order chi connectivity index (χ1) is 10.6. The van der Waals surface area contributed by atoms with Gasteiger partial charge < -0.3 is 14.7 Å². The van der Waals surface area contributed by atoms with Crippen LogP contribution in [0.4, 0.5) is 0 Å². The smallest absolute Gasteiger partial charge is 0.257 e. The van der Waals surface area contributed by atoms with E-state index in [2.05, 4.69) is 29.3 Å². The van der Waals surface area contributed by atoms with Gasteiger partial charge in [0.25, 0.3) is 11.6 Å². The van der Waals surface area contributed by atoms with Crippen molar-refractivity contribution in [2.45, 2.75) is 26.2 Å². The minimum Gasteiger partial charge on any atom is -0.338 e. The Balaban J connectivity index is 1.84. The highest BCUT2D eigenvalue weighted by atomic mass is 16.5. The third kappa shape index (κ3) is 2.70. The molecule has 3 rings (SSSR count). The molecule has 1 fully saturated rings. The summed E-state index contributed by atoms with van der Waals surface area (Å²) in [7, 11) is 1.95. The molecule has 6 heteroatoms. The van der Waals surface area contributed by atoms with Crippen LogP contribution in [0.5, 0.6) is 0 Å². The lowest BCUT2D eigenvalue weighted by molar-refractivity contribution is 0.0787. The Kier molecular flexibility index (Phi) is 4.11. The van der Waals surface area contributed by atoms with Gasteiger partial charge >= 0.3 is 0 Å². The van der Waals surface area contributed by atoms with E-state index in [1.807, 2.05) is 18.0 Å². The molecular weight excluding hydrogens is 280 g/mol. The zero-order valence-corrected chi connectivity index (χ0v) is 13.3. The summed E-state index contributed by atoms with van der Waals surface area (Å²) >= 11 is 0. The van der Waals surface area contributed by atoms with E-state index in [9.17, 15) is 4.79 Å². The van der Waals surface area contributed by atoms with E-state index < -0.39 is 0 Å². The average molecular weight is 302 g/mol. The van der Waals surface area contributed by atoms with Crippen molar-refractivity contribution in [1.29, 1.82) is 0 Å². The molecule has 1 saturated heterocycles. The van der Waals surface area contributed by atoms with Gasteiger partial charge in [-0.1, -0.05) is 19.0 Å². The van der Waals surface area contributed by atoms with Crippen LogP contribution in [0.3, 0.4) is 0 Å². The predicted octanol–water partition coefficient (Wildman–Crippen LogP) is 2.03. The van der Waals surface area contributed by atoms with E-state index in [1.165, 1.54) is 0 Å². The van der Waals surface area contributed by atoms with Crippen LogP contribution in [-0.4, -0.2) is 47.6 Å². The Bertz CT molecular complexity index is 680. The maximum absolute atomic E-state index is 12.7. The number of hydrogen-bond donors (Lipinski definition) is 1. The van der Waals surface area contributed by atoms with Gasteiger partial charge in [-0.05, 0) is 37.9 Å². The molecule has 118 valence electrons. The third-order valence-corrected chi connectivity index (χ3v) is 4.22. The van der Waals surface area contributed by atoms with Crippen LogP contribution in [0.2, 0.25) is 0 Å². The quantitative estimate of drug-likeness (QED) is 0.935. The maximum atomic E-state index is 12.7. The fourth-order valence-electron chi connectivity index (χ4n) is 3.04. The molecule has 3 heterocycles. The Hall–Kier alpha value is -1.95. The van der Waals surface area contributed by atoms with Crippen LogP contribution in [0.1, 0.15) is 42.2 Å². The third-order valence-electron chi connectivity index (χ3n) is 4.22. The first-order valence-electron chi connectivity index (χ1n) is 7.79. The highest BCUT2D eigenvalue weighted by Gasteiger charge is 2.27. The first kappa shape index (κ1) is 15.0. The van der Waals surface area contributed by atoms with Crippen molar-refractivity contribution in [3.05, 3.63) is 23.5 Å².